The highest BCUT2D eigenvalue weighted by molar-refractivity contribution is 6.36. The predicted molar refractivity (Wildman–Crippen MR) is 95.6 cm³/mol. The Labute approximate surface area is 164 Å². The largest absolute Gasteiger partial charge is 0.493 e. The highest BCUT2D eigenvalue weighted by Gasteiger charge is 2.40. The molecule has 0 aliphatic rings. The number of ether oxygens (including phenoxy) is 1. The average Bonchev–Trinajstić information content (AvgIpc) is 3.23. The van der Waals surface area contributed by atoms with Gasteiger partial charge in [0.05, 0.1) is 24.2 Å². The number of rotatable bonds is 5. The summed E-state index contributed by atoms with van der Waals surface area (Å²) in [5.74, 6) is -0.902. The minimum atomic E-state index is -4.65. The summed E-state index contributed by atoms with van der Waals surface area (Å²) in [5.41, 5.74) is -0.205. The second-order valence-corrected chi connectivity index (χ2v) is 6.71. The zero-order chi connectivity index (χ0) is 20.9. The number of fused-ring (bicyclic) bond motifs is 5. The Morgan fingerprint density at radius 3 is 2.69 bits per heavy atom. The van der Waals surface area contributed by atoms with Crippen LogP contribution in [0.5, 0.6) is 5.75 Å². The summed E-state index contributed by atoms with van der Waals surface area (Å²) in [7, 11) is 0. The SMILES string of the molecule is CC(n1c2cc(OCCCF)cc(F)c2c2c(Cl)nc3ncnn3c21)C(F)(F)F. The summed E-state index contributed by atoms with van der Waals surface area (Å²) in [6.07, 6.45) is -3.47. The summed E-state index contributed by atoms with van der Waals surface area (Å²) in [6.45, 7) is 0.248. The van der Waals surface area contributed by atoms with Crippen molar-refractivity contribution >= 4 is 39.3 Å². The molecule has 0 radical (unpaired) electrons. The molecule has 0 saturated carbocycles. The fourth-order valence-corrected chi connectivity index (χ4v) is 3.48. The van der Waals surface area contributed by atoms with Crippen molar-refractivity contribution in [3.05, 3.63) is 29.4 Å². The number of hydrogen-bond acceptors (Lipinski definition) is 4. The van der Waals surface area contributed by atoms with E-state index in [-0.39, 0.29) is 51.6 Å². The summed E-state index contributed by atoms with van der Waals surface area (Å²) >= 11 is 6.19. The molecule has 0 aliphatic heterocycles. The Kier molecular flexibility index (Phi) is 4.72. The van der Waals surface area contributed by atoms with Crippen molar-refractivity contribution in [3.8, 4) is 5.75 Å². The third kappa shape index (κ3) is 3.13. The van der Waals surface area contributed by atoms with Gasteiger partial charge in [-0.05, 0) is 6.92 Å². The molecule has 0 N–H and O–H groups in total. The lowest BCUT2D eigenvalue weighted by molar-refractivity contribution is -0.161. The van der Waals surface area contributed by atoms with E-state index in [2.05, 4.69) is 15.1 Å². The standard InChI is InChI=1S/C17H13ClF5N5O/c1-8(17(21,22)23)27-11-6-9(29-4-2-3-19)5-10(20)12(11)13-14(18)26-16-24-7-25-28(16)15(13)27/h5-8H,2-4H2,1H3. The fourth-order valence-electron chi connectivity index (χ4n) is 3.23. The van der Waals surface area contributed by atoms with Crippen LogP contribution in [0.25, 0.3) is 27.7 Å². The summed E-state index contributed by atoms with van der Waals surface area (Å²) in [4.78, 5) is 7.85. The van der Waals surface area contributed by atoms with E-state index in [0.29, 0.717) is 0 Å². The normalized spacial score (nSPS) is 13.6. The molecule has 3 aromatic heterocycles. The van der Waals surface area contributed by atoms with Crippen LogP contribution in [0.1, 0.15) is 19.4 Å². The molecular formula is C17H13ClF5N5O. The maximum atomic E-state index is 15.0. The van der Waals surface area contributed by atoms with Crippen LogP contribution >= 0.6 is 11.6 Å². The van der Waals surface area contributed by atoms with E-state index >= 15 is 0 Å². The number of nitrogens with zero attached hydrogens (tertiary/aromatic N) is 5. The third-order valence-electron chi connectivity index (χ3n) is 4.55. The smallest absolute Gasteiger partial charge is 0.408 e. The molecule has 1 aromatic carbocycles. The van der Waals surface area contributed by atoms with E-state index in [9.17, 15) is 22.0 Å². The molecule has 6 nitrogen and oxygen atoms in total. The maximum Gasteiger partial charge on any atom is 0.408 e. The lowest BCUT2D eigenvalue weighted by atomic mass is 10.2. The molecular weight excluding hydrogens is 421 g/mol. The second kappa shape index (κ2) is 6.97. The quantitative estimate of drug-likeness (QED) is 0.255. The van der Waals surface area contributed by atoms with Gasteiger partial charge in [0.2, 0.25) is 0 Å². The first-order chi connectivity index (χ1) is 13.7. The van der Waals surface area contributed by atoms with Gasteiger partial charge in [-0.25, -0.2) is 4.39 Å². The van der Waals surface area contributed by atoms with Gasteiger partial charge >= 0.3 is 6.18 Å². The van der Waals surface area contributed by atoms with E-state index < -0.39 is 24.7 Å². The Morgan fingerprint density at radius 1 is 1.24 bits per heavy atom. The predicted octanol–water partition coefficient (Wildman–Crippen LogP) is 4.89. The Balaban J connectivity index is 2.13. The first kappa shape index (κ1) is 19.6. The molecule has 1 unspecified atom stereocenters. The molecule has 3 heterocycles. The van der Waals surface area contributed by atoms with Gasteiger partial charge in [-0.1, -0.05) is 11.6 Å². The highest BCUT2D eigenvalue weighted by atomic mass is 35.5. The molecule has 0 aliphatic carbocycles. The zero-order valence-electron chi connectivity index (χ0n) is 14.8. The van der Waals surface area contributed by atoms with Crippen LogP contribution < -0.4 is 4.74 Å². The lowest BCUT2D eigenvalue weighted by Crippen LogP contribution is -2.24. The average molecular weight is 434 g/mol. The van der Waals surface area contributed by atoms with Crippen LogP contribution in [0.3, 0.4) is 0 Å². The molecule has 0 amide bonds. The molecule has 0 fully saturated rings. The van der Waals surface area contributed by atoms with Crippen molar-refractivity contribution in [1.29, 1.82) is 0 Å². The van der Waals surface area contributed by atoms with Crippen LogP contribution in [0, 0.1) is 5.82 Å². The zero-order valence-corrected chi connectivity index (χ0v) is 15.6. The number of hydrogen-bond donors (Lipinski definition) is 0. The summed E-state index contributed by atoms with van der Waals surface area (Å²) < 4.78 is 75.5. The van der Waals surface area contributed by atoms with E-state index in [1.54, 1.807) is 0 Å². The molecule has 29 heavy (non-hydrogen) atoms. The van der Waals surface area contributed by atoms with Crippen molar-refractivity contribution in [2.24, 2.45) is 0 Å². The van der Waals surface area contributed by atoms with Gasteiger partial charge in [-0.15, -0.1) is 0 Å². The van der Waals surface area contributed by atoms with Crippen molar-refractivity contribution in [3.63, 3.8) is 0 Å². The van der Waals surface area contributed by atoms with Gasteiger partial charge in [0.1, 0.15) is 34.7 Å². The number of halogens is 6. The van der Waals surface area contributed by atoms with E-state index in [4.69, 9.17) is 16.3 Å². The van der Waals surface area contributed by atoms with E-state index in [1.165, 1.54) is 6.07 Å². The molecule has 12 heteroatoms. The van der Waals surface area contributed by atoms with Crippen LogP contribution in [0.4, 0.5) is 22.0 Å². The summed E-state index contributed by atoms with van der Waals surface area (Å²) in [5, 5.41) is 3.54. The Morgan fingerprint density at radius 2 is 2.00 bits per heavy atom. The van der Waals surface area contributed by atoms with Gasteiger partial charge in [-0.2, -0.15) is 32.8 Å². The van der Waals surface area contributed by atoms with Gasteiger partial charge in [0, 0.05) is 23.9 Å². The van der Waals surface area contributed by atoms with Gasteiger partial charge in [0.25, 0.3) is 5.78 Å². The van der Waals surface area contributed by atoms with Crippen molar-refractivity contribution in [2.45, 2.75) is 25.6 Å². The third-order valence-corrected chi connectivity index (χ3v) is 4.82. The maximum absolute atomic E-state index is 15.0. The number of benzene rings is 1. The summed E-state index contributed by atoms with van der Waals surface area (Å²) in [6, 6.07) is 0.233. The number of alkyl halides is 4. The first-order valence-electron chi connectivity index (χ1n) is 8.52. The van der Waals surface area contributed by atoms with Crippen molar-refractivity contribution < 1.29 is 26.7 Å². The minimum Gasteiger partial charge on any atom is -0.493 e. The fraction of sp³-hybridized carbons (Fsp3) is 0.353. The van der Waals surface area contributed by atoms with Gasteiger partial charge in [-0.3, -0.25) is 4.39 Å². The lowest BCUT2D eigenvalue weighted by Gasteiger charge is -2.20. The molecule has 4 aromatic rings. The molecule has 4 rings (SSSR count). The molecule has 0 bridgehead atoms. The van der Waals surface area contributed by atoms with E-state index in [1.807, 2.05) is 0 Å². The number of aromatic nitrogens is 5. The van der Waals surface area contributed by atoms with Crippen LogP contribution in [-0.4, -0.2) is 43.6 Å². The van der Waals surface area contributed by atoms with Crippen molar-refractivity contribution in [2.75, 3.05) is 13.3 Å². The van der Waals surface area contributed by atoms with Gasteiger partial charge in [0.15, 0.2) is 0 Å². The monoisotopic (exact) mass is 433 g/mol. The van der Waals surface area contributed by atoms with Crippen LogP contribution in [0.15, 0.2) is 18.5 Å². The Hall–Kier alpha value is -2.69. The van der Waals surface area contributed by atoms with Crippen LogP contribution in [-0.2, 0) is 0 Å². The second-order valence-electron chi connectivity index (χ2n) is 6.35. The molecule has 0 saturated heterocycles. The van der Waals surface area contributed by atoms with Crippen LogP contribution in [0.2, 0.25) is 5.15 Å². The molecule has 0 spiro atoms. The first-order valence-corrected chi connectivity index (χ1v) is 8.89. The minimum absolute atomic E-state index is 0.0245. The Bertz CT molecular complexity index is 1220. The van der Waals surface area contributed by atoms with E-state index in [0.717, 1.165) is 28.4 Å². The van der Waals surface area contributed by atoms with Gasteiger partial charge < -0.3 is 9.30 Å². The molecule has 154 valence electrons. The van der Waals surface area contributed by atoms with Crippen molar-refractivity contribution in [1.82, 2.24) is 24.1 Å². The highest BCUT2D eigenvalue weighted by Crippen LogP contribution is 2.42. The topological polar surface area (TPSA) is 57.2 Å². The molecule has 1 atom stereocenters.